The average molecular weight is 256 g/mol. The van der Waals surface area contributed by atoms with E-state index in [9.17, 15) is 9.59 Å². The maximum Gasteiger partial charge on any atom is 0.287 e. The van der Waals surface area contributed by atoms with E-state index in [4.69, 9.17) is 0 Å². The molecule has 0 radical (unpaired) electrons. The molecule has 1 aromatic carbocycles. The van der Waals surface area contributed by atoms with Crippen LogP contribution in [0.2, 0.25) is 0 Å². The van der Waals surface area contributed by atoms with E-state index in [1.165, 1.54) is 18.3 Å². The van der Waals surface area contributed by atoms with Crippen molar-refractivity contribution in [2.24, 2.45) is 0 Å². The highest BCUT2D eigenvalue weighted by Gasteiger charge is 2.06. The highest BCUT2D eigenvalue weighted by molar-refractivity contribution is 5.96. The zero-order valence-corrected chi connectivity index (χ0v) is 9.96. The number of nitrogens with zero attached hydrogens (tertiary/aromatic N) is 1. The molecule has 2 amide bonds. The van der Waals surface area contributed by atoms with E-state index in [0.29, 0.717) is 0 Å². The summed E-state index contributed by atoms with van der Waals surface area (Å²) in [5.41, 5.74) is 5.70. The third-order valence-electron chi connectivity index (χ3n) is 2.27. The Balaban J connectivity index is 1.82. The first-order chi connectivity index (χ1) is 9.25. The smallest absolute Gasteiger partial charge is 0.273 e. The molecule has 0 aliphatic carbocycles. The van der Waals surface area contributed by atoms with Crippen molar-refractivity contribution in [3.63, 3.8) is 0 Å². The van der Waals surface area contributed by atoms with Crippen LogP contribution in [-0.4, -0.2) is 22.0 Å². The molecule has 3 N–H and O–H groups in total. The van der Waals surface area contributed by atoms with Gasteiger partial charge in [-0.05, 0) is 17.7 Å². The normalized spacial score (nSPS) is 10.3. The van der Waals surface area contributed by atoms with Crippen LogP contribution < -0.4 is 10.9 Å². The molecule has 6 heteroatoms. The van der Waals surface area contributed by atoms with Crippen LogP contribution in [0.1, 0.15) is 16.1 Å². The van der Waals surface area contributed by atoms with Gasteiger partial charge in [0.05, 0.1) is 0 Å². The van der Waals surface area contributed by atoms with E-state index in [1.807, 2.05) is 30.3 Å². The van der Waals surface area contributed by atoms with Gasteiger partial charge >= 0.3 is 0 Å². The third-order valence-corrected chi connectivity index (χ3v) is 2.27. The van der Waals surface area contributed by atoms with E-state index in [-0.39, 0.29) is 5.69 Å². The van der Waals surface area contributed by atoms with Gasteiger partial charge in [0.1, 0.15) is 5.69 Å². The monoisotopic (exact) mass is 256 g/mol. The summed E-state index contributed by atoms with van der Waals surface area (Å²) >= 11 is 0. The average Bonchev–Trinajstić information content (AvgIpc) is 2.98. The highest BCUT2D eigenvalue weighted by Crippen LogP contribution is 2.00. The number of nitrogens with one attached hydrogen (secondary N) is 3. The van der Waals surface area contributed by atoms with Crippen LogP contribution in [-0.2, 0) is 4.79 Å². The molecular weight excluding hydrogens is 244 g/mol. The van der Waals surface area contributed by atoms with Crippen molar-refractivity contribution >= 4 is 17.9 Å². The topological polar surface area (TPSA) is 86.9 Å². The minimum atomic E-state index is -0.459. The molecule has 0 aliphatic rings. The van der Waals surface area contributed by atoms with Gasteiger partial charge in [-0.3, -0.25) is 25.5 Å². The maximum absolute atomic E-state index is 11.5. The van der Waals surface area contributed by atoms with Crippen LogP contribution in [0.25, 0.3) is 6.08 Å². The summed E-state index contributed by atoms with van der Waals surface area (Å²) in [6.45, 7) is 0. The maximum atomic E-state index is 11.5. The first-order valence-corrected chi connectivity index (χ1v) is 5.58. The minimum absolute atomic E-state index is 0.271. The van der Waals surface area contributed by atoms with Gasteiger partial charge in [-0.15, -0.1) is 0 Å². The lowest BCUT2D eigenvalue weighted by Gasteiger charge is -2.02. The lowest BCUT2D eigenvalue weighted by molar-refractivity contribution is -0.117. The SMILES string of the molecule is O=C(C=Cc1ccccc1)NNC(=O)c1ccn[nH]1. The van der Waals surface area contributed by atoms with Crippen molar-refractivity contribution in [2.45, 2.75) is 0 Å². The van der Waals surface area contributed by atoms with Crippen LogP contribution in [0.4, 0.5) is 0 Å². The summed E-state index contributed by atoms with van der Waals surface area (Å²) in [7, 11) is 0. The van der Waals surface area contributed by atoms with Gasteiger partial charge in [-0.25, -0.2) is 0 Å². The molecule has 1 heterocycles. The van der Waals surface area contributed by atoms with E-state index >= 15 is 0 Å². The predicted molar refractivity (Wildman–Crippen MR) is 69.7 cm³/mol. The minimum Gasteiger partial charge on any atom is -0.273 e. The van der Waals surface area contributed by atoms with Gasteiger partial charge < -0.3 is 0 Å². The van der Waals surface area contributed by atoms with Crippen LogP contribution >= 0.6 is 0 Å². The Morgan fingerprint density at radius 1 is 1.11 bits per heavy atom. The molecule has 0 saturated carbocycles. The zero-order valence-electron chi connectivity index (χ0n) is 9.96. The van der Waals surface area contributed by atoms with Crippen molar-refractivity contribution in [1.29, 1.82) is 0 Å². The summed E-state index contributed by atoms with van der Waals surface area (Å²) in [5.74, 6) is -0.879. The van der Waals surface area contributed by atoms with E-state index in [0.717, 1.165) is 5.56 Å². The molecular formula is C13H12N4O2. The second-order valence-corrected chi connectivity index (χ2v) is 3.66. The molecule has 19 heavy (non-hydrogen) atoms. The Kier molecular flexibility index (Phi) is 4.07. The number of amides is 2. The van der Waals surface area contributed by atoms with Gasteiger partial charge in [-0.2, -0.15) is 5.10 Å². The number of hydrazine groups is 1. The Morgan fingerprint density at radius 2 is 1.89 bits per heavy atom. The zero-order chi connectivity index (χ0) is 13.5. The number of aromatic amines is 1. The fraction of sp³-hybridized carbons (Fsp3) is 0. The van der Waals surface area contributed by atoms with Crippen molar-refractivity contribution in [1.82, 2.24) is 21.0 Å². The van der Waals surface area contributed by atoms with Crippen molar-refractivity contribution in [3.8, 4) is 0 Å². The summed E-state index contributed by atoms with van der Waals surface area (Å²) in [4.78, 5) is 22.9. The van der Waals surface area contributed by atoms with Crippen molar-refractivity contribution in [2.75, 3.05) is 0 Å². The molecule has 96 valence electrons. The fourth-order valence-corrected chi connectivity index (χ4v) is 1.35. The number of carbonyl (C=O) groups is 2. The molecule has 0 unspecified atom stereocenters. The molecule has 2 aromatic rings. The lowest BCUT2D eigenvalue weighted by atomic mass is 10.2. The molecule has 6 nitrogen and oxygen atoms in total. The van der Waals surface area contributed by atoms with Crippen LogP contribution in [0.15, 0.2) is 48.7 Å². The third kappa shape index (κ3) is 3.81. The molecule has 0 atom stereocenters. The first kappa shape index (κ1) is 12.6. The summed E-state index contributed by atoms with van der Waals surface area (Å²) < 4.78 is 0. The lowest BCUT2D eigenvalue weighted by Crippen LogP contribution is -2.40. The fourth-order valence-electron chi connectivity index (χ4n) is 1.35. The van der Waals surface area contributed by atoms with Gasteiger partial charge in [0, 0.05) is 12.3 Å². The Labute approximate surface area is 109 Å². The van der Waals surface area contributed by atoms with E-state index in [1.54, 1.807) is 6.08 Å². The Bertz CT molecular complexity index is 576. The molecule has 0 bridgehead atoms. The molecule has 0 saturated heterocycles. The number of rotatable bonds is 3. The number of carbonyl (C=O) groups excluding carboxylic acids is 2. The summed E-state index contributed by atoms with van der Waals surface area (Å²) in [6, 6.07) is 10.9. The number of hydrogen-bond donors (Lipinski definition) is 3. The van der Waals surface area contributed by atoms with Crippen LogP contribution in [0, 0.1) is 0 Å². The summed E-state index contributed by atoms with van der Waals surface area (Å²) in [6.07, 6.45) is 4.44. The van der Waals surface area contributed by atoms with Crippen LogP contribution in [0.3, 0.4) is 0 Å². The number of aromatic nitrogens is 2. The predicted octanol–water partition coefficient (Wildman–Crippen LogP) is 0.884. The Hall–Kier alpha value is -2.89. The number of benzene rings is 1. The highest BCUT2D eigenvalue weighted by atomic mass is 16.2. The van der Waals surface area contributed by atoms with Gasteiger partial charge in [0.2, 0.25) is 0 Å². The van der Waals surface area contributed by atoms with Gasteiger partial charge in [0.25, 0.3) is 11.8 Å². The van der Waals surface area contributed by atoms with E-state index in [2.05, 4.69) is 21.0 Å². The molecule has 0 fully saturated rings. The van der Waals surface area contributed by atoms with Crippen LogP contribution in [0.5, 0.6) is 0 Å². The largest absolute Gasteiger partial charge is 0.287 e. The number of H-pyrrole nitrogens is 1. The Morgan fingerprint density at radius 3 is 2.58 bits per heavy atom. The molecule has 0 aliphatic heterocycles. The van der Waals surface area contributed by atoms with Gasteiger partial charge in [-0.1, -0.05) is 30.3 Å². The molecule has 0 spiro atoms. The quantitative estimate of drug-likeness (QED) is 0.563. The second-order valence-electron chi connectivity index (χ2n) is 3.66. The summed E-state index contributed by atoms with van der Waals surface area (Å²) in [5, 5.41) is 6.12. The standard InChI is InChI=1S/C13H12N4O2/c18-12(7-6-10-4-2-1-3-5-10)16-17-13(19)11-8-9-14-15-11/h1-9H,(H,14,15)(H,16,18)(H,17,19). The van der Waals surface area contributed by atoms with E-state index < -0.39 is 11.8 Å². The first-order valence-electron chi connectivity index (χ1n) is 5.58. The number of hydrogen-bond acceptors (Lipinski definition) is 3. The van der Waals surface area contributed by atoms with Crippen molar-refractivity contribution in [3.05, 3.63) is 59.9 Å². The van der Waals surface area contributed by atoms with Crippen molar-refractivity contribution < 1.29 is 9.59 Å². The second kappa shape index (κ2) is 6.15. The molecule has 1 aromatic heterocycles. The molecule has 2 rings (SSSR count). The van der Waals surface area contributed by atoms with Gasteiger partial charge in [0.15, 0.2) is 0 Å².